The van der Waals surface area contributed by atoms with Crippen LogP contribution in [0.2, 0.25) is 0 Å². The highest BCUT2D eigenvalue weighted by atomic mass is 79.9. The van der Waals surface area contributed by atoms with E-state index in [2.05, 4.69) is 20.9 Å². The molecule has 0 aromatic carbocycles. The highest BCUT2D eigenvalue weighted by Gasteiger charge is 2.25. The third kappa shape index (κ3) is 2.84. The monoisotopic (exact) mass is 298 g/mol. The van der Waals surface area contributed by atoms with E-state index in [-0.39, 0.29) is 11.9 Å². The molecule has 0 N–H and O–H groups in total. The Morgan fingerprint density at radius 2 is 2.24 bits per heavy atom. The fourth-order valence-electron chi connectivity index (χ4n) is 1.95. The molecule has 0 radical (unpaired) electrons. The molecule has 2 heterocycles. The molecule has 1 amide bonds. The van der Waals surface area contributed by atoms with Crippen LogP contribution in [0, 0.1) is 0 Å². The summed E-state index contributed by atoms with van der Waals surface area (Å²) in [5, 5.41) is 0. The Kier molecular flexibility index (Phi) is 4.12. The highest BCUT2D eigenvalue weighted by Crippen LogP contribution is 2.19. The van der Waals surface area contributed by atoms with E-state index in [0.29, 0.717) is 5.69 Å². The lowest BCUT2D eigenvalue weighted by molar-refractivity contribution is 0.0358. The summed E-state index contributed by atoms with van der Waals surface area (Å²) < 4.78 is 6.04. The first kappa shape index (κ1) is 12.5. The van der Waals surface area contributed by atoms with Crippen molar-refractivity contribution in [1.82, 2.24) is 9.88 Å². The van der Waals surface area contributed by atoms with Crippen molar-refractivity contribution < 1.29 is 9.53 Å². The van der Waals surface area contributed by atoms with Gasteiger partial charge in [-0.3, -0.25) is 4.79 Å². The molecule has 1 fully saturated rings. The van der Waals surface area contributed by atoms with Gasteiger partial charge in [-0.05, 0) is 40.9 Å². The maximum atomic E-state index is 12.3. The van der Waals surface area contributed by atoms with Gasteiger partial charge in [0.25, 0.3) is 5.91 Å². The molecule has 1 aromatic heterocycles. The van der Waals surface area contributed by atoms with Gasteiger partial charge in [-0.15, -0.1) is 0 Å². The van der Waals surface area contributed by atoms with Crippen molar-refractivity contribution in [1.29, 1.82) is 0 Å². The van der Waals surface area contributed by atoms with E-state index < -0.39 is 0 Å². The first-order valence-electron chi connectivity index (χ1n) is 5.65. The van der Waals surface area contributed by atoms with Crippen molar-refractivity contribution >= 4 is 21.8 Å². The van der Waals surface area contributed by atoms with Gasteiger partial charge in [0.1, 0.15) is 5.69 Å². The molecule has 0 atom stereocenters. The molecule has 0 bridgehead atoms. The maximum Gasteiger partial charge on any atom is 0.273 e. The number of ether oxygens (including phenoxy) is 1. The van der Waals surface area contributed by atoms with E-state index in [9.17, 15) is 4.79 Å². The maximum absolute atomic E-state index is 12.3. The number of pyridine rings is 1. The third-order valence-electron chi connectivity index (χ3n) is 3.02. The van der Waals surface area contributed by atoms with Crippen LogP contribution >= 0.6 is 15.9 Å². The predicted octanol–water partition coefficient (Wildman–Crippen LogP) is 2.10. The van der Waals surface area contributed by atoms with Gasteiger partial charge >= 0.3 is 0 Å². The van der Waals surface area contributed by atoms with Crippen LogP contribution in [-0.2, 0) is 4.74 Å². The van der Waals surface area contributed by atoms with Crippen molar-refractivity contribution in [3.05, 3.63) is 28.5 Å². The smallest absolute Gasteiger partial charge is 0.273 e. The number of halogens is 1. The molecule has 1 aliphatic heterocycles. The number of hydrogen-bond acceptors (Lipinski definition) is 3. The molecule has 2 rings (SSSR count). The van der Waals surface area contributed by atoms with Gasteiger partial charge in [0.15, 0.2) is 0 Å². The fraction of sp³-hybridized carbons (Fsp3) is 0.500. The highest BCUT2D eigenvalue weighted by molar-refractivity contribution is 9.10. The van der Waals surface area contributed by atoms with Gasteiger partial charge in [-0.25, -0.2) is 4.98 Å². The number of aromatic nitrogens is 1. The van der Waals surface area contributed by atoms with Crippen LogP contribution in [0.25, 0.3) is 0 Å². The standard InChI is InChI=1S/C12H15BrN2O2/c1-15(9-4-7-17-8-5-9)12(16)11-10(13)3-2-6-14-11/h2-3,6,9H,4-5,7-8H2,1H3. The van der Waals surface area contributed by atoms with Crippen LogP contribution in [0.15, 0.2) is 22.8 Å². The first-order chi connectivity index (χ1) is 8.20. The number of hydrogen-bond donors (Lipinski definition) is 0. The number of rotatable bonds is 2. The predicted molar refractivity (Wildman–Crippen MR) is 67.9 cm³/mol. The summed E-state index contributed by atoms with van der Waals surface area (Å²) >= 11 is 3.35. The molecule has 0 spiro atoms. The summed E-state index contributed by atoms with van der Waals surface area (Å²) in [5.41, 5.74) is 0.474. The minimum atomic E-state index is -0.0376. The minimum Gasteiger partial charge on any atom is -0.381 e. The molecule has 1 aliphatic rings. The number of carbonyl (C=O) groups is 1. The molecule has 5 heteroatoms. The van der Waals surface area contributed by atoms with Crippen LogP contribution in [0.4, 0.5) is 0 Å². The van der Waals surface area contributed by atoms with Crippen molar-refractivity contribution in [3.63, 3.8) is 0 Å². The summed E-state index contributed by atoms with van der Waals surface area (Å²) in [6.45, 7) is 1.46. The van der Waals surface area contributed by atoms with Gasteiger partial charge in [-0.2, -0.15) is 0 Å². The first-order valence-corrected chi connectivity index (χ1v) is 6.45. The normalized spacial score (nSPS) is 16.8. The molecule has 4 nitrogen and oxygen atoms in total. The fourth-order valence-corrected chi connectivity index (χ4v) is 2.37. The summed E-state index contributed by atoms with van der Waals surface area (Å²) in [6, 6.07) is 3.89. The Hall–Kier alpha value is -0.940. The molecule has 0 unspecified atom stereocenters. The van der Waals surface area contributed by atoms with E-state index in [0.717, 1.165) is 30.5 Å². The van der Waals surface area contributed by atoms with Gasteiger partial charge in [0, 0.05) is 37.0 Å². The molecule has 0 aliphatic carbocycles. The zero-order valence-corrected chi connectivity index (χ0v) is 11.3. The zero-order chi connectivity index (χ0) is 12.3. The van der Waals surface area contributed by atoms with E-state index in [4.69, 9.17) is 4.74 Å². The summed E-state index contributed by atoms with van der Waals surface area (Å²) in [6.07, 6.45) is 3.43. The average Bonchev–Trinajstić information content (AvgIpc) is 2.39. The summed E-state index contributed by atoms with van der Waals surface area (Å²) in [4.78, 5) is 18.2. The van der Waals surface area contributed by atoms with Gasteiger partial charge < -0.3 is 9.64 Å². The lowest BCUT2D eigenvalue weighted by atomic mass is 10.1. The van der Waals surface area contributed by atoms with Crippen LogP contribution in [0.5, 0.6) is 0 Å². The van der Waals surface area contributed by atoms with Crippen molar-refractivity contribution in [2.45, 2.75) is 18.9 Å². The molecular weight excluding hydrogens is 284 g/mol. The largest absolute Gasteiger partial charge is 0.381 e. The molecule has 0 saturated carbocycles. The summed E-state index contributed by atoms with van der Waals surface area (Å²) in [7, 11) is 1.83. The quantitative estimate of drug-likeness (QED) is 0.840. The van der Waals surface area contributed by atoms with Gasteiger partial charge in [-0.1, -0.05) is 0 Å². The minimum absolute atomic E-state index is 0.0376. The Morgan fingerprint density at radius 1 is 1.53 bits per heavy atom. The molecular formula is C12H15BrN2O2. The Labute approximate surface area is 109 Å². The average molecular weight is 299 g/mol. The van der Waals surface area contributed by atoms with Gasteiger partial charge in [0.05, 0.1) is 0 Å². The second-order valence-corrected chi connectivity index (χ2v) is 4.95. The lowest BCUT2D eigenvalue weighted by Crippen LogP contribution is -2.41. The van der Waals surface area contributed by atoms with E-state index in [1.54, 1.807) is 17.2 Å². The second kappa shape index (κ2) is 5.60. The van der Waals surface area contributed by atoms with Crippen LogP contribution in [0.1, 0.15) is 23.3 Å². The van der Waals surface area contributed by atoms with Crippen molar-refractivity contribution in [2.75, 3.05) is 20.3 Å². The topological polar surface area (TPSA) is 42.4 Å². The SMILES string of the molecule is CN(C(=O)c1ncccc1Br)C1CCOCC1. The molecule has 92 valence electrons. The van der Waals surface area contributed by atoms with E-state index in [1.807, 2.05) is 13.1 Å². The van der Waals surface area contributed by atoms with Crippen molar-refractivity contribution in [2.24, 2.45) is 0 Å². The second-order valence-electron chi connectivity index (χ2n) is 4.09. The zero-order valence-electron chi connectivity index (χ0n) is 9.73. The third-order valence-corrected chi connectivity index (χ3v) is 3.66. The summed E-state index contributed by atoms with van der Waals surface area (Å²) in [5.74, 6) is -0.0376. The molecule has 1 aromatic rings. The van der Waals surface area contributed by atoms with E-state index in [1.165, 1.54) is 0 Å². The van der Waals surface area contributed by atoms with Crippen LogP contribution in [0.3, 0.4) is 0 Å². The molecule has 17 heavy (non-hydrogen) atoms. The van der Waals surface area contributed by atoms with Crippen LogP contribution in [-0.4, -0.2) is 42.1 Å². The van der Waals surface area contributed by atoms with Crippen LogP contribution < -0.4 is 0 Å². The molecule has 1 saturated heterocycles. The van der Waals surface area contributed by atoms with Gasteiger partial charge in [0.2, 0.25) is 0 Å². The Morgan fingerprint density at radius 3 is 2.88 bits per heavy atom. The Bertz CT molecular complexity index is 405. The number of carbonyl (C=O) groups excluding carboxylic acids is 1. The van der Waals surface area contributed by atoms with E-state index >= 15 is 0 Å². The number of nitrogens with zero attached hydrogens (tertiary/aromatic N) is 2. The van der Waals surface area contributed by atoms with Crippen molar-refractivity contribution in [3.8, 4) is 0 Å². The number of amides is 1. The lowest BCUT2D eigenvalue weighted by Gasteiger charge is -2.31. The Balaban J connectivity index is 2.11.